The van der Waals surface area contributed by atoms with Gasteiger partial charge in [-0.1, -0.05) is 6.92 Å². The van der Waals surface area contributed by atoms with Crippen molar-refractivity contribution in [2.45, 2.75) is 37.5 Å². The summed E-state index contributed by atoms with van der Waals surface area (Å²) in [7, 11) is -2.27. The number of anilines is 2. The van der Waals surface area contributed by atoms with E-state index in [-0.39, 0.29) is 13.0 Å². The Hall–Kier alpha value is -1.80. The highest BCUT2D eigenvalue weighted by Crippen LogP contribution is 2.25. The maximum Gasteiger partial charge on any atom is 0.322 e. The summed E-state index contributed by atoms with van der Waals surface area (Å²) in [4.78, 5) is 13.9. The minimum Gasteiger partial charge on any atom is -0.468 e. The van der Waals surface area contributed by atoms with Gasteiger partial charge in [0.25, 0.3) is 0 Å². The Bertz CT molecular complexity index is 727. The SMILES string of the molecule is COC(=O)C1CC(S(=O)(=O)Nc2ccc(N3CCC(C)CC3)cc2)CN1. The van der Waals surface area contributed by atoms with E-state index in [2.05, 4.69) is 26.6 Å². The van der Waals surface area contributed by atoms with Gasteiger partial charge >= 0.3 is 5.97 Å². The van der Waals surface area contributed by atoms with Gasteiger partial charge in [0.1, 0.15) is 6.04 Å². The Kier molecular flexibility index (Phi) is 5.72. The largest absolute Gasteiger partial charge is 0.468 e. The van der Waals surface area contributed by atoms with Crippen molar-refractivity contribution in [3.05, 3.63) is 24.3 Å². The van der Waals surface area contributed by atoms with E-state index in [0.717, 1.165) is 24.7 Å². The lowest BCUT2D eigenvalue weighted by Gasteiger charge is -2.32. The van der Waals surface area contributed by atoms with Gasteiger partial charge in [0.05, 0.1) is 12.4 Å². The summed E-state index contributed by atoms with van der Waals surface area (Å²) < 4.78 is 32.4. The Morgan fingerprint density at radius 3 is 2.50 bits per heavy atom. The van der Waals surface area contributed by atoms with Crippen molar-refractivity contribution >= 4 is 27.4 Å². The normalized spacial score (nSPS) is 24.5. The number of esters is 1. The maximum atomic E-state index is 12.6. The van der Waals surface area contributed by atoms with Crippen LogP contribution in [0.25, 0.3) is 0 Å². The van der Waals surface area contributed by atoms with Crippen LogP contribution in [0.4, 0.5) is 11.4 Å². The van der Waals surface area contributed by atoms with Crippen LogP contribution in [-0.2, 0) is 19.6 Å². The standard InChI is InChI=1S/C18H27N3O4S/c1-13-7-9-21(10-8-13)15-5-3-14(4-6-15)20-26(23,24)16-11-17(19-12-16)18(22)25-2/h3-6,13,16-17,19-20H,7-12H2,1-2H3. The van der Waals surface area contributed by atoms with Gasteiger partial charge in [-0.15, -0.1) is 0 Å². The molecule has 1 aromatic carbocycles. The molecule has 2 fully saturated rings. The number of nitrogens with zero attached hydrogens (tertiary/aromatic N) is 1. The van der Waals surface area contributed by atoms with Crippen LogP contribution in [0.3, 0.4) is 0 Å². The molecule has 7 nitrogen and oxygen atoms in total. The Balaban J connectivity index is 1.60. The molecule has 2 atom stereocenters. The van der Waals surface area contributed by atoms with Crippen LogP contribution in [0.5, 0.6) is 0 Å². The third kappa shape index (κ3) is 4.29. The molecular formula is C18H27N3O4S. The second-order valence-electron chi connectivity index (χ2n) is 7.21. The number of carbonyl (C=O) groups is 1. The Morgan fingerprint density at radius 2 is 1.88 bits per heavy atom. The molecule has 3 rings (SSSR count). The summed E-state index contributed by atoms with van der Waals surface area (Å²) in [6, 6.07) is 6.94. The Morgan fingerprint density at radius 1 is 1.23 bits per heavy atom. The molecule has 0 aromatic heterocycles. The minimum absolute atomic E-state index is 0.214. The van der Waals surface area contributed by atoms with Crippen LogP contribution in [0.1, 0.15) is 26.2 Å². The lowest BCUT2D eigenvalue weighted by atomic mass is 9.99. The second-order valence-corrected chi connectivity index (χ2v) is 9.17. The van der Waals surface area contributed by atoms with E-state index in [4.69, 9.17) is 0 Å². The number of methoxy groups -OCH3 is 1. The predicted octanol–water partition coefficient (Wildman–Crippen LogP) is 1.57. The average molecular weight is 381 g/mol. The van der Waals surface area contributed by atoms with Crippen molar-refractivity contribution in [3.63, 3.8) is 0 Å². The second kappa shape index (κ2) is 7.84. The van der Waals surface area contributed by atoms with Crippen LogP contribution in [0.15, 0.2) is 24.3 Å². The number of rotatable bonds is 5. The van der Waals surface area contributed by atoms with Crippen molar-refractivity contribution in [1.82, 2.24) is 5.32 Å². The number of carbonyl (C=O) groups excluding carboxylic acids is 1. The van der Waals surface area contributed by atoms with Crippen molar-refractivity contribution in [2.75, 3.05) is 36.4 Å². The lowest BCUT2D eigenvalue weighted by Crippen LogP contribution is -2.32. The van der Waals surface area contributed by atoms with E-state index >= 15 is 0 Å². The summed E-state index contributed by atoms with van der Waals surface area (Å²) >= 11 is 0. The lowest BCUT2D eigenvalue weighted by molar-refractivity contribution is -0.142. The molecule has 0 amide bonds. The number of ether oxygens (including phenoxy) is 1. The fraction of sp³-hybridized carbons (Fsp3) is 0.611. The van der Waals surface area contributed by atoms with Crippen molar-refractivity contribution in [3.8, 4) is 0 Å². The van der Waals surface area contributed by atoms with Gasteiger partial charge in [0.2, 0.25) is 10.0 Å². The quantitative estimate of drug-likeness (QED) is 0.753. The van der Waals surface area contributed by atoms with Crippen molar-refractivity contribution < 1.29 is 17.9 Å². The number of hydrogen-bond acceptors (Lipinski definition) is 6. The first kappa shape index (κ1) is 19.0. The number of piperidine rings is 1. The third-order valence-corrected chi connectivity index (χ3v) is 7.05. The summed E-state index contributed by atoms with van der Waals surface area (Å²) in [6.45, 7) is 4.58. The molecule has 2 aliphatic heterocycles. The van der Waals surface area contributed by atoms with Gasteiger partial charge in [-0.3, -0.25) is 9.52 Å². The fourth-order valence-corrected chi connectivity index (χ4v) is 4.91. The molecule has 0 bridgehead atoms. The van der Waals surface area contributed by atoms with E-state index in [1.807, 2.05) is 12.1 Å². The van der Waals surface area contributed by atoms with Gasteiger partial charge < -0.3 is 15.0 Å². The zero-order chi connectivity index (χ0) is 18.7. The predicted molar refractivity (Wildman–Crippen MR) is 102 cm³/mol. The molecule has 0 spiro atoms. The molecule has 2 aliphatic rings. The number of nitrogens with one attached hydrogen (secondary N) is 2. The number of benzene rings is 1. The van der Waals surface area contributed by atoms with E-state index in [1.54, 1.807) is 12.1 Å². The molecule has 0 aliphatic carbocycles. The summed E-state index contributed by atoms with van der Waals surface area (Å²) in [5, 5.41) is 2.25. The monoisotopic (exact) mass is 381 g/mol. The molecule has 144 valence electrons. The summed E-state index contributed by atoms with van der Waals surface area (Å²) in [5.74, 6) is 0.342. The highest BCUT2D eigenvalue weighted by molar-refractivity contribution is 7.93. The van der Waals surface area contributed by atoms with Gasteiger partial charge in [0.15, 0.2) is 0 Å². The maximum absolute atomic E-state index is 12.6. The summed E-state index contributed by atoms with van der Waals surface area (Å²) in [6.07, 6.45) is 2.58. The van der Waals surface area contributed by atoms with Gasteiger partial charge in [0, 0.05) is 31.0 Å². The molecule has 26 heavy (non-hydrogen) atoms. The third-order valence-electron chi connectivity index (χ3n) is 5.29. The molecular weight excluding hydrogens is 354 g/mol. The van der Waals surface area contributed by atoms with Crippen LogP contribution in [0, 0.1) is 5.92 Å². The fourth-order valence-electron chi connectivity index (χ4n) is 3.52. The zero-order valence-electron chi connectivity index (χ0n) is 15.3. The molecule has 0 radical (unpaired) electrons. The summed E-state index contributed by atoms with van der Waals surface area (Å²) in [5.41, 5.74) is 1.66. The van der Waals surface area contributed by atoms with Crippen LogP contribution in [-0.4, -0.2) is 52.4 Å². The molecule has 2 heterocycles. The number of sulfonamides is 1. The molecule has 8 heteroatoms. The highest BCUT2D eigenvalue weighted by atomic mass is 32.2. The molecule has 1 aromatic rings. The smallest absolute Gasteiger partial charge is 0.322 e. The van der Waals surface area contributed by atoms with Gasteiger partial charge in [-0.05, 0) is 49.4 Å². The van der Waals surface area contributed by atoms with Gasteiger partial charge in [-0.25, -0.2) is 8.42 Å². The van der Waals surface area contributed by atoms with Crippen LogP contribution in [0.2, 0.25) is 0 Å². The van der Waals surface area contributed by atoms with Gasteiger partial charge in [-0.2, -0.15) is 0 Å². The first-order valence-electron chi connectivity index (χ1n) is 9.07. The first-order chi connectivity index (χ1) is 12.4. The molecule has 2 saturated heterocycles. The zero-order valence-corrected chi connectivity index (χ0v) is 16.1. The van der Waals surface area contributed by atoms with Crippen molar-refractivity contribution in [1.29, 1.82) is 0 Å². The average Bonchev–Trinajstić information content (AvgIpc) is 3.13. The number of hydrogen-bond donors (Lipinski definition) is 2. The van der Waals surface area contributed by atoms with E-state index in [9.17, 15) is 13.2 Å². The first-order valence-corrected chi connectivity index (χ1v) is 10.6. The van der Waals surface area contributed by atoms with E-state index in [1.165, 1.54) is 20.0 Å². The van der Waals surface area contributed by atoms with E-state index < -0.39 is 27.3 Å². The Labute approximate surface area is 155 Å². The minimum atomic E-state index is -3.57. The van der Waals surface area contributed by atoms with Crippen LogP contribution < -0.4 is 14.9 Å². The molecule has 0 saturated carbocycles. The molecule has 2 unspecified atom stereocenters. The highest BCUT2D eigenvalue weighted by Gasteiger charge is 2.37. The topological polar surface area (TPSA) is 87.7 Å². The van der Waals surface area contributed by atoms with E-state index in [0.29, 0.717) is 5.69 Å². The molecule has 2 N–H and O–H groups in total. The van der Waals surface area contributed by atoms with Crippen LogP contribution >= 0.6 is 0 Å². The van der Waals surface area contributed by atoms with Crippen molar-refractivity contribution in [2.24, 2.45) is 5.92 Å².